The zero-order chi connectivity index (χ0) is 19.7. The van der Waals surface area contributed by atoms with Crippen LogP contribution in [0.1, 0.15) is 10.4 Å². The van der Waals surface area contributed by atoms with Gasteiger partial charge in [-0.3, -0.25) is 4.79 Å². The number of fused-ring (bicyclic) bond motifs is 2. The Labute approximate surface area is 160 Å². The molecule has 1 amide bonds. The molecular weight excluding hydrogens is 366 g/mol. The minimum atomic E-state index is -0.355. The van der Waals surface area contributed by atoms with Crippen LogP contribution >= 0.6 is 0 Å². The second-order valence-electron chi connectivity index (χ2n) is 5.79. The largest absolute Gasteiger partial charge is 0.493 e. The van der Waals surface area contributed by atoms with Gasteiger partial charge in [-0.1, -0.05) is 0 Å². The van der Waals surface area contributed by atoms with Crippen molar-refractivity contribution in [3.8, 4) is 28.7 Å². The Morgan fingerprint density at radius 1 is 1.00 bits per heavy atom. The van der Waals surface area contributed by atoms with E-state index in [1.165, 1.54) is 27.7 Å². The van der Waals surface area contributed by atoms with Crippen LogP contribution in [0.4, 0.5) is 5.82 Å². The maximum absolute atomic E-state index is 12.7. The number of aromatic nitrogens is 2. The van der Waals surface area contributed by atoms with Crippen LogP contribution < -0.4 is 29.0 Å². The lowest BCUT2D eigenvalue weighted by Gasteiger charge is -2.15. The molecule has 0 spiro atoms. The van der Waals surface area contributed by atoms with Crippen molar-refractivity contribution in [2.45, 2.75) is 0 Å². The van der Waals surface area contributed by atoms with Crippen LogP contribution in [0.2, 0.25) is 0 Å². The molecule has 1 N–H and O–H groups in total. The van der Waals surface area contributed by atoms with E-state index >= 15 is 0 Å². The summed E-state index contributed by atoms with van der Waals surface area (Å²) in [5.41, 5.74) is 0.889. The maximum atomic E-state index is 12.7. The molecular formula is C19H17N3O6. The van der Waals surface area contributed by atoms with E-state index in [2.05, 4.69) is 15.3 Å². The zero-order valence-corrected chi connectivity index (χ0v) is 15.4. The van der Waals surface area contributed by atoms with Gasteiger partial charge in [0.15, 0.2) is 23.0 Å². The molecule has 1 aliphatic rings. The topological polar surface area (TPSA) is 101 Å². The number of hydrogen-bond donors (Lipinski definition) is 1. The summed E-state index contributed by atoms with van der Waals surface area (Å²) < 4.78 is 26.8. The van der Waals surface area contributed by atoms with Crippen LogP contribution in [0, 0.1) is 0 Å². The lowest BCUT2D eigenvalue weighted by molar-refractivity contribution is 0.102. The van der Waals surface area contributed by atoms with Crippen LogP contribution in [-0.2, 0) is 0 Å². The predicted octanol–water partition coefficient (Wildman–Crippen LogP) is 2.64. The first-order valence-corrected chi connectivity index (χ1v) is 8.31. The maximum Gasteiger partial charge on any atom is 0.256 e. The number of nitrogens with zero attached hydrogens (tertiary/aromatic N) is 2. The van der Waals surface area contributed by atoms with E-state index in [9.17, 15) is 4.79 Å². The summed E-state index contributed by atoms with van der Waals surface area (Å²) in [6, 6.07) is 6.64. The van der Waals surface area contributed by atoms with Gasteiger partial charge < -0.3 is 29.0 Å². The SMILES string of the molecule is COc1cc2c(NC(=O)c3ccc4c(c3)OCO4)ncnc2c(OC)c1OC. The van der Waals surface area contributed by atoms with Crippen molar-refractivity contribution >= 4 is 22.6 Å². The van der Waals surface area contributed by atoms with E-state index < -0.39 is 0 Å². The van der Waals surface area contributed by atoms with Crippen LogP contribution in [0.15, 0.2) is 30.6 Å². The molecule has 0 radical (unpaired) electrons. The summed E-state index contributed by atoms with van der Waals surface area (Å²) in [7, 11) is 4.53. The number of rotatable bonds is 5. The second kappa shape index (κ2) is 7.10. The van der Waals surface area contributed by atoms with E-state index in [-0.39, 0.29) is 12.7 Å². The van der Waals surface area contributed by atoms with Gasteiger partial charge in [0.1, 0.15) is 17.7 Å². The third-order valence-corrected chi connectivity index (χ3v) is 4.30. The standard InChI is InChI=1S/C19H17N3O6/c1-24-14-7-11-15(17(26-3)16(14)25-2)20-8-21-18(11)22-19(23)10-4-5-12-13(6-10)28-9-27-12/h4-8H,9H2,1-3H3,(H,20,21,22,23). The highest BCUT2D eigenvalue weighted by molar-refractivity contribution is 6.09. The number of carbonyl (C=O) groups is 1. The van der Waals surface area contributed by atoms with Gasteiger partial charge in [-0.15, -0.1) is 0 Å². The molecule has 4 rings (SSSR count). The fraction of sp³-hybridized carbons (Fsp3) is 0.211. The number of ether oxygens (including phenoxy) is 5. The lowest BCUT2D eigenvalue weighted by atomic mass is 10.1. The molecule has 2 aromatic carbocycles. The van der Waals surface area contributed by atoms with Crippen molar-refractivity contribution in [1.29, 1.82) is 0 Å². The number of methoxy groups -OCH3 is 3. The Hall–Kier alpha value is -3.75. The Morgan fingerprint density at radius 2 is 1.79 bits per heavy atom. The van der Waals surface area contributed by atoms with Crippen LogP contribution in [0.5, 0.6) is 28.7 Å². The van der Waals surface area contributed by atoms with Crippen molar-refractivity contribution < 1.29 is 28.5 Å². The number of anilines is 1. The average Bonchev–Trinajstić information content (AvgIpc) is 3.20. The quantitative estimate of drug-likeness (QED) is 0.718. The normalized spacial score (nSPS) is 12.0. The third kappa shape index (κ3) is 2.86. The van der Waals surface area contributed by atoms with Gasteiger partial charge in [-0.2, -0.15) is 0 Å². The average molecular weight is 383 g/mol. The molecule has 144 valence electrons. The lowest BCUT2D eigenvalue weighted by Crippen LogP contribution is -2.13. The summed E-state index contributed by atoms with van der Waals surface area (Å²) in [5.74, 6) is 2.31. The third-order valence-electron chi connectivity index (χ3n) is 4.30. The molecule has 0 bridgehead atoms. The monoisotopic (exact) mass is 383 g/mol. The van der Waals surface area contributed by atoms with E-state index in [1.54, 1.807) is 24.3 Å². The second-order valence-corrected chi connectivity index (χ2v) is 5.79. The molecule has 9 heteroatoms. The van der Waals surface area contributed by atoms with Gasteiger partial charge in [-0.25, -0.2) is 9.97 Å². The Kier molecular flexibility index (Phi) is 4.48. The van der Waals surface area contributed by atoms with Crippen molar-refractivity contribution in [2.24, 2.45) is 0 Å². The van der Waals surface area contributed by atoms with Crippen LogP contribution in [0.3, 0.4) is 0 Å². The summed E-state index contributed by atoms with van der Waals surface area (Å²) >= 11 is 0. The molecule has 28 heavy (non-hydrogen) atoms. The molecule has 0 saturated heterocycles. The summed E-state index contributed by atoms with van der Waals surface area (Å²) in [4.78, 5) is 21.2. The van der Waals surface area contributed by atoms with E-state index in [0.29, 0.717) is 51.0 Å². The number of carbonyl (C=O) groups excluding carboxylic acids is 1. The van der Waals surface area contributed by atoms with E-state index in [0.717, 1.165) is 0 Å². The minimum absolute atomic E-state index is 0.137. The summed E-state index contributed by atoms with van der Waals surface area (Å²) in [6.07, 6.45) is 1.34. The first-order valence-electron chi connectivity index (χ1n) is 8.31. The molecule has 2 heterocycles. The molecule has 0 fully saturated rings. The molecule has 3 aromatic rings. The van der Waals surface area contributed by atoms with E-state index in [1.807, 2.05) is 0 Å². The first kappa shape index (κ1) is 17.7. The zero-order valence-electron chi connectivity index (χ0n) is 15.4. The number of hydrogen-bond acceptors (Lipinski definition) is 8. The molecule has 0 atom stereocenters. The Balaban J connectivity index is 1.75. The van der Waals surface area contributed by atoms with Gasteiger partial charge >= 0.3 is 0 Å². The number of nitrogens with one attached hydrogen (secondary N) is 1. The molecule has 1 aliphatic heterocycles. The number of amides is 1. The van der Waals surface area contributed by atoms with Gasteiger partial charge in [0.05, 0.1) is 26.7 Å². The highest BCUT2D eigenvalue weighted by atomic mass is 16.7. The smallest absolute Gasteiger partial charge is 0.256 e. The minimum Gasteiger partial charge on any atom is -0.493 e. The molecule has 0 unspecified atom stereocenters. The Bertz CT molecular complexity index is 1070. The van der Waals surface area contributed by atoms with Crippen LogP contribution in [-0.4, -0.2) is 44.0 Å². The molecule has 9 nitrogen and oxygen atoms in total. The van der Waals surface area contributed by atoms with Crippen molar-refractivity contribution in [3.05, 3.63) is 36.2 Å². The van der Waals surface area contributed by atoms with Gasteiger partial charge in [-0.05, 0) is 24.3 Å². The highest BCUT2D eigenvalue weighted by Crippen LogP contribution is 2.43. The van der Waals surface area contributed by atoms with Gasteiger partial charge in [0.25, 0.3) is 5.91 Å². The fourth-order valence-electron chi connectivity index (χ4n) is 2.98. The molecule has 0 aliphatic carbocycles. The van der Waals surface area contributed by atoms with Gasteiger partial charge in [0, 0.05) is 5.56 Å². The Morgan fingerprint density at radius 3 is 2.54 bits per heavy atom. The number of benzene rings is 2. The summed E-state index contributed by atoms with van der Waals surface area (Å²) in [6.45, 7) is 0.137. The van der Waals surface area contributed by atoms with Crippen molar-refractivity contribution in [1.82, 2.24) is 9.97 Å². The highest BCUT2D eigenvalue weighted by Gasteiger charge is 2.21. The van der Waals surface area contributed by atoms with Crippen molar-refractivity contribution in [2.75, 3.05) is 33.4 Å². The van der Waals surface area contributed by atoms with Crippen LogP contribution in [0.25, 0.3) is 10.9 Å². The summed E-state index contributed by atoms with van der Waals surface area (Å²) in [5, 5.41) is 3.34. The fourth-order valence-corrected chi connectivity index (χ4v) is 2.98. The molecule has 1 aromatic heterocycles. The molecule has 0 saturated carbocycles. The van der Waals surface area contributed by atoms with E-state index in [4.69, 9.17) is 23.7 Å². The first-order chi connectivity index (χ1) is 13.7. The predicted molar refractivity (Wildman–Crippen MR) is 99.7 cm³/mol. The van der Waals surface area contributed by atoms with Crippen molar-refractivity contribution in [3.63, 3.8) is 0 Å². The van der Waals surface area contributed by atoms with Gasteiger partial charge in [0.2, 0.25) is 12.5 Å².